The molecule has 1 saturated heterocycles. The number of amides is 1. The maximum absolute atomic E-state index is 13.5. The van der Waals surface area contributed by atoms with Crippen molar-refractivity contribution in [2.24, 2.45) is 7.05 Å². The molecule has 1 amide bonds. The fourth-order valence-corrected chi connectivity index (χ4v) is 6.61. The van der Waals surface area contributed by atoms with Gasteiger partial charge in [-0.1, -0.05) is 30.3 Å². The van der Waals surface area contributed by atoms with E-state index in [4.69, 9.17) is 4.74 Å². The van der Waals surface area contributed by atoms with Crippen LogP contribution < -0.4 is 4.31 Å². The number of benzene rings is 2. The van der Waals surface area contributed by atoms with Crippen LogP contribution in [-0.2, 0) is 33.8 Å². The van der Waals surface area contributed by atoms with Crippen molar-refractivity contribution in [3.05, 3.63) is 77.6 Å². The van der Waals surface area contributed by atoms with Gasteiger partial charge in [0.15, 0.2) is 0 Å². The number of sulfonamides is 1. The molecule has 3 aromatic rings. The molecule has 0 saturated carbocycles. The van der Waals surface area contributed by atoms with Gasteiger partial charge >= 0.3 is 6.09 Å². The van der Waals surface area contributed by atoms with Crippen molar-refractivity contribution in [2.45, 2.75) is 36.2 Å². The first-order valence-corrected chi connectivity index (χ1v) is 13.0. The molecule has 8 nitrogen and oxygen atoms in total. The number of halogens is 2. The van der Waals surface area contributed by atoms with Gasteiger partial charge < -0.3 is 9.64 Å². The van der Waals surface area contributed by atoms with Crippen molar-refractivity contribution in [3.8, 4) is 0 Å². The quantitative estimate of drug-likeness (QED) is 0.507. The molecule has 0 radical (unpaired) electrons. The first kappa shape index (κ1) is 24.2. The molecule has 190 valence electrons. The van der Waals surface area contributed by atoms with Crippen LogP contribution in [0.4, 0.5) is 19.3 Å². The second kappa shape index (κ2) is 9.20. The molecule has 0 N–H and O–H groups in total. The zero-order chi connectivity index (χ0) is 25.5. The predicted molar refractivity (Wildman–Crippen MR) is 128 cm³/mol. The summed E-state index contributed by atoms with van der Waals surface area (Å²) >= 11 is 0. The molecule has 0 unspecified atom stereocenters. The van der Waals surface area contributed by atoms with Crippen LogP contribution in [0, 0.1) is 0 Å². The maximum Gasteiger partial charge on any atom is 0.410 e. The summed E-state index contributed by atoms with van der Waals surface area (Å²) in [6.07, 6.45) is 1.49. The fourth-order valence-electron chi connectivity index (χ4n) is 5.04. The highest BCUT2D eigenvalue weighted by atomic mass is 32.2. The van der Waals surface area contributed by atoms with E-state index in [-0.39, 0.29) is 23.6 Å². The Balaban J connectivity index is 1.32. The number of aromatic nitrogens is 2. The van der Waals surface area contributed by atoms with Crippen LogP contribution in [0.25, 0.3) is 0 Å². The summed E-state index contributed by atoms with van der Waals surface area (Å²) in [4.78, 5) is 14.2. The van der Waals surface area contributed by atoms with Crippen LogP contribution in [0.5, 0.6) is 0 Å². The van der Waals surface area contributed by atoms with Crippen LogP contribution in [0.15, 0.2) is 65.8 Å². The van der Waals surface area contributed by atoms with E-state index >= 15 is 0 Å². The average molecular weight is 517 g/mol. The minimum Gasteiger partial charge on any atom is -0.444 e. The zero-order valence-corrected chi connectivity index (χ0v) is 20.5. The first-order valence-electron chi connectivity index (χ1n) is 11.6. The average Bonchev–Trinajstić information content (AvgIpc) is 3.45. The number of alkyl halides is 2. The van der Waals surface area contributed by atoms with Gasteiger partial charge in [0, 0.05) is 49.4 Å². The van der Waals surface area contributed by atoms with Gasteiger partial charge in [-0.2, -0.15) is 5.10 Å². The summed E-state index contributed by atoms with van der Waals surface area (Å²) in [7, 11) is -2.17. The summed E-state index contributed by atoms with van der Waals surface area (Å²) in [5.74, 6) is 0. The Hall–Kier alpha value is -3.47. The van der Waals surface area contributed by atoms with Crippen molar-refractivity contribution in [1.82, 2.24) is 14.7 Å². The predicted octanol–water partition coefficient (Wildman–Crippen LogP) is 4.24. The van der Waals surface area contributed by atoms with Crippen LogP contribution >= 0.6 is 0 Å². The molecule has 2 aliphatic rings. The first-order chi connectivity index (χ1) is 17.2. The minimum atomic E-state index is -3.96. The molecule has 11 heteroatoms. The van der Waals surface area contributed by atoms with Gasteiger partial charge in [-0.15, -0.1) is 0 Å². The Morgan fingerprint density at radius 3 is 2.44 bits per heavy atom. The Morgan fingerprint density at radius 1 is 1.11 bits per heavy atom. The zero-order valence-electron chi connectivity index (χ0n) is 19.7. The van der Waals surface area contributed by atoms with Gasteiger partial charge in [0.05, 0.1) is 16.8 Å². The number of hydrogen-bond donors (Lipinski definition) is 0. The molecule has 36 heavy (non-hydrogen) atoms. The van der Waals surface area contributed by atoms with Gasteiger partial charge in [-0.05, 0) is 36.6 Å². The fraction of sp³-hybridized carbons (Fsp3) is 0.360. The molecule has 2 aromatic carbocycles. The lowest BCUT2D eigenvalue weighted by Gasteiger charge is -2.39. The number of aryl methyl sites for hydroxylation is 1. The van der Waals surface area contributed by atoms with Gasteiger partial charge in [0.25, 0.3) is 16.4 Å². The van der Waals surface area contributed by atoms with Gasteiger partial charge in [0.1, 0.15) is 6.61 Å². The third-order valence-corrected chi connectivity index (χ3v) is 8.78. The number of piperidine rings is 1. The maximum atomic E-state index is 13.5. The monoisotopic (exact) mass is 516 g/mol. The minimum absolute atomic E-state index is 0.0323. The number of carbonyl (C=O) groups is 1. The molecule has 3 heterocycles. The van der Waals surface area contributed by atoms with Gasteiger partial charge in [-0.3, -0.25) is 8.99 Å². The van der Waals surface area contributed by atoms with E-state index in [1.807, 2.05) is 12.1 Å². The number of anilines is 1. The SMILES string of the molecule is Cn1cc(COC(=O)N2CCC3(CC2)CN(S(=O)(=O)c2ccc(C(F)F)cc2)c2ccccc23)cn1. The van der Waals surface area contributed by atoms with Crippen molar-refractivity contribution in [3.63, 3.8) is 0 Å². The largest absolute Gasteiger partial charge is 0.444 e. The highest BCUT2D eigenvalue weighted by Crippen LogP contribution is 2.48. The van der Waals surface area contributed by atoms with E-state index in [2.05, 4.69) is 5.10 Å². The molecule has 0 bridgehead atoms. The van der Waals surface area contributed by atoms with E-state index in [9.17, 15) is 22.0 Å². The summed E-state index contributed by atoms with van der Waals surface area (Å²) < 4.78 is 61.4. The lowest BCUT2D eigenvalue weighted by molar-refractivity contribution is 0.0791. The second-order valence-electron chi connectivity index (χ2n) is 9.24. The van der Waals surface area contributed by atoms with E-state index < -0.39 is 28.0 Å². The lowest BCUT2D eigenvalue weighted by atomic mass is 9.74. The number of ether oxygens (including phenoxy) is 1. The van der Waals surface area contributed by atoms with Crippen molar-refractivity contribution < 1.29 is 26.7 Å². The van der Waals surface area contributed by atoms with Gasteiger partial charge in [0.2, 0.25) is 0 Å². The van der Waals surface area contributed by atoms with Gasteiger partial charge in [-0.25, -0.2) is 22.0 Å². The van der Waals surface area contributed by atoms with E-state index in [0.29, 0.717) is 31.6 Å². The van der Waals surface area contributed by atoms with Crippen LogP contribution in [0.2, 0.25) is 0 Å². The number of likely N-dealkylation sites (tertiary alicyclic amines) is 1. The van der Waals surface area contributed by atoms with Crippen molar-refractivity contribution in [1.29, 1.82) is 0 Å². The Kier molecular flexibility index (Phi) is 6.19. The molecule has 1 fully saturated rings. The molecular weight excluding hydrogens is 490 g/mol. The smallest absolute Gasteiger partial charge is 0.410 e. The normalized spacial score (nSPS) is 17.0. The second-order valence-corrected chi connectivity index (χ2v) is 11.1. The third kappa shape index (κ3) is 4.32. The topological polar surface area (TPSA) is 84.7 Å². The van der Waals surface area contributed by atoms with Crippen LogP contribution in [0.3, 0.4) is 0 Å². The highest BCUT2D eigenvalue weighted by Gasteiger charge is 2.48. The molecule has 5 rings (SSSR count). The van der Waals surface area contributed by atoms with E-state index in [1.165, 1.54) is 16.4 Å². The molecule has 2 aliphatic heterocycles. The Morgan fingerprint density at radius 2 is 1.81 bits per heavy atom. The number of carbonyl (C=O) groups excluding carboxylic acids is 1. The lowest BCUT2D eigenvalue weighted by Crippen LogP contribution is -2.47. The number of nitrogens with zero attached hydrogens (tertiary/aromatic N) is 4. The van der Waals surface area contributed by atoms with Crippen molar-refractivity contribution >= 4 is 21.8 Å². The Labute approximate surface area is 208 Å². The number of hydrogen-bond acceptors (Lipinski definition) is 5. The van der Waals surface area contributed by atoms with Crippen LogP contribution in [-0.4, -0.2) is 48.8 Å². The molecule has 1 aromatic heterocycles. The third-order valence-electron chi connectivity index (χ3n) is 7.01. The number of fused-ring (bicyclic) bond motifs is 2. The summed E-state index contributed by atoms with van der Waals surface area (Å²) in [5, 5.41) is 4.06. The van der Waals surface area contributed by atoms with E-state index in [1.54, 1.807) is 41.2 Å². The standard InChI is InChI=1S/C25H26F2N4O4S/c1-29-15-18(14-28-29)16-35-24(32)30-12-10-25(11-13-30)17-31(22-5-3-2-4-21(22)25)36(33,34)20-8-6-19(7-9-20)23(26)27/h2-9,14-15,23H,10-13,16-17H2,1H3. The molecule has 0 aliphatic carbocycles. The number of para-hydroxylation sites is 1. The van der Waals surface area contributed by atoms with Crippen molar-refractivity contribution in [2.75, 3.05) is 23.9 Å². The molecule has 1 spiro atoms. The number of rotatable bonds is 5. The van der Waals surface area contributed by atoms with Crippen LogP contribution in [0.1, 0.15) is 36.0 Å². The summed E-state index contributed by atoms with van der Waals surface area (Å²) in [6.45, 7) is 1.21. The summed E-state index contributed by atoms with van der Waals surface area (Å²) in [5.41, 5.74) is 1.62. The summed E-state index contributed by atoms with van der Waals surface area (Å²) in [6, 6.07) is 12.1. The molecular formula is C25H26F2N4O4S. The molecule has 0 atom stereocenters. The Bertz CT molecular complexity index is 1370. The highest BCUT2D eigenvalue weighted by molar-refractivity contribution is 7.92. The van der Waals surface area contributed by atoms with E-state index in [0.717, 1.165) is 23.3 Å².